The molecule has 2 aliphatic heterocycles. The molecule has 0 radical (unpaired) electrons. The predicted octanol–water partition coefficient (Wildman–Crippen LogP) is 0.0852. The second-order valence-electron chi connectivity index (χ2n) is 6.89. The topological polar surface area (TPSA) is 69.7 Å². The van der Waals surface area contributed by atoms with Crippen LogP contribution in [0.3, 0.4) is 0 Å². The van der Waals surface area contributed by atoms with E-state index in [1.165, 1.54) is 0 Å². The molecule has 3 rings (SSSR count). The number of hydrogen-bond acceptors (Lipinski definition) is 6. The molecule has 2 fully saturated rings. The lowest BCUT2D eigenvalue weighted by atomic mass is 10.1. The molecule has 25 heavy (non-hydrogen) atoms. The van der Waals surface area contributed by atoms with Gasteiger partial charge in [0.1, 0.15) is 11.9 Å². The van der Waals surface area contributed by atoms with Crippen LogP contribution in [0, 0.1) is 0 Å². The summed E-state index contributed by atoms with van der Waals surface area (Å²) < 4.78 is 5.55. The number of nitrogens with zero attached hydrogens (tertiary/aromatic N) is 3. The first-order valence-corrected chi connectivity index (χ1v) is 9.17. The lowest BCUT2D eigenvalue weighted by molar-refractivity contribution is -0.129. The first-order chi connectivity index (χ1) is 12.1. The Kier molecular flexibility index (Phi) is 6.23. The first kappa shape index (κ1) is 18.1. The van der Waals surface area contributed by atoms with E-state index in [-0.39, 0.29) is 24.1 Å². The Morgan fingerprint density at radius 2 is 2.20 bits per heavy atom. The summed E-state index contributed by atoms with van der Waals surface area (Å²) in [6.07, 6.45) is 1.76. The molecule has 0 aliphatic carbocycles. The second kappa shape index (κ2) is 8.60. The maximum atomic E-state index is 12.4. The molecule has 3 heterocycles. The normalized spacial score (nSPS) is 26.2. The summed E-state index contributed by atoms with van der Waals surface area (Å²) in [5, 5.41) is 6.36. The molecule has 138 valence electrons. The summed E-state index contributed by atoms with van der Waals surface area (Å²) >= 11 is 0. The van der Waals surface area contributed by atoms with E-state index < -0.39 is 0 Å². The number of ether oxygens (including phenoxy) is 1. The van der Waals surface area contributed by atoms with E-state index in [0.29, 0.717) is 6.61 Å². The monoisotopic (exact) mass is 347 g/mol. The third-order valence-corrected chi connectivity index (χ3v) is 4.87. The number of morpholine rings is 1. The minimum absolute atomic E-state index is 0.0341. The van der Waals surface area contributed by atoms with Crippen molar-refractivity contribution in [3.8, 4) is 0 Å². The highest BCUT2D eigenvalue weighted by molar-refractivity contribution is 5.82. The maximum absolute atomic E-state index is 12.4. The zero-order valence-electron chi connectivity index (χ0n) is 15.1. The van der Waals surface area contributed by atoms with Crippen LogP contribution in [0.2, 0.25) is 0 Å². The molecule has 2 N–H and O–H groups in total. The van der Waals surface area contributed by atoms with Gasteiger partial charge in [-0.15, -0.1) is 0 Å². The zero-order valence-corrected chi connectivity index (χ0v) is 15.1. The van der Waals surface area contributed by atoms with Gasteiger partial charge in [-0.2, -0.15) is 0 Å². The number of carbonyl (C=O) groups excluding carboxylic acids is 1. The molecule has 0 spiro atoms. The van der Waals surface area contributed by atoms with Gasteiger partial charge in [0.05, 0.1) is 12.7 Å². The predicted molar refractivity (Wildman–Crippen MR) is 97.7 cm³/mol. The lowest BCUT2D eigenvalue weighted by Gasteiger charge is -2.37. The highest BCUT2D eigenvalue weighted by Crippen LogP contribution is 2.12. The Bertz CT molecular complexity index is 548. The van der Waals surface area contributed by atoms with Gasteiger partial charge in [0.15, 0.2) is 0 Å². The summed E-state index contributed by atoms with van der Waals surface area (Å²) in [7, 11) is 0. The smallest absolute Gasteiger partial charge is 0.240 e. The molecule has 2 saturated heterocycles. The van der Waals surface area contributed by atoms with Crippen LogP contribution in [0.1, 0.15) is 13.8 Å². The second-order valence-corrected chi connectivity index (χ2v) is 6.89. The number of hydrogen-bond donors (Lipinski definition) is 2. The van der Waals surface area contributed by atoms with E-state index in [4.69, 9.17) is 4.74 Å². The number of aromatic nitrogens is 1. The van der Waals surface area contributed by atoms with Crippen LogP contribution in [-0.2, 0) is 9.53 Å². The summed E-state index contributed by atoms with van der Waals surface area (Å²) in [5.74, 6) is 1.08. The standard InChI is InChI=1S/C18H29N5O2/c1-14(21-18(24)17-15(2)25-12-7-20-17)13-22-8-10-23(11-9-22)16-5-3-4-6-19-16/h3-6,14-15,17,20H,7-13H2,1-2H3,(H,21,24)/t14?,15-,17+/m1/s1. The van der Waals surface area contributed by atoms with Crippen LogP contribution in [0.25, 0.3) is 0 Å². The van der Waals surface area contributed by atoms with Crippen molar-refractivity contribution in [2.45, 2.75) is 32.0 Å². The van der Waals surface area contributed by atoms with E-state index in [1.54, 1.807) is 0 Å². The number of carbonyl (C=O) groups is 1. The molecular weight excluding hydrogens is 318 g/mol. The average Bonchev–Trinajstić information content (AvgIpc) is 2.63. The van der Waals surface area contributed by atoms with Gasteiger partial charge in [-0.05, 0) is 26.0 Å². The third kappa shape index (κ3) is 4.90. The summed E-state index contributed by atoms with van der Waals surface area (Å²) in [6, 6.07) is 5.88. The molecule has 3 atom stereocenters. The molecule has 1 aromatic rings. The number of anilines is 1. The molecule has 0 saturated carbocycles. The van der Waals surface area contributed by atoms with Crippen LogP contribution < -0.4 is 15.5 Å². The van der Waals surface area contributed by atoms with Crippen LogP contribution >= 0.6 is 0 Å². The fourth-order valence-corrected chi connectivity index (χ4v) is 3.49. The van der Waals surface area contributed by atoms with Crippen molar-refractivity contribution >= 4 is 11.7 Å². The Hall–Kier alpha value is -1.70. The molecule has 1 unspecified atom stereocenters. The molecule has 7 nitrogen and oxygen atoms in total. The minimum atomic E-state index is -0.253. The van der Waals surface area contributed by atoms with Crippen LogP contribution in [0.15, 0.2) is 24.4 Å². The van der Waals surface area contributed by atoms with Crippen LogP contribution in [-0.4, -0.2) is 79.9 Å². The number of amides is 1. The zero-order chi connectivity index (χ0) is 17.6. The Morgan fingerprint density at radius 1 is 1.40 bits per heavy atom. The number of pyridine rings is 1. The molecule has 1 amide bonds. The minimum Gasteiger partial charge on any atom is -0.375 e. The van der Waals surface area contributed by atoms with Crippen LogP contribution in [0.4, 0.5) is 5.82 Å². The molecule has 7 heteroatoms. The lowest BCUT2D eigenvalue weighted by Crippen LogP contribution is -2.58. The van der Waals surface area contributed by atoms with Crippen LogP contribution in [0.5, 0.6) is 0 Å². The maximum Gasteiger partial charge on any atom is 0.240 e. The van der Waals surface area contributed by atoms with E-state index in [9.17, 15) is 4.79 Å². The summed E-state index contributed by atoms with van der Waals surface area (Å²) in [4.78, 5) is 21.5. The molecule has 0 aromatic carbocycles. The van der Waals surface area contributed by atoms with Crippen molar-refractivity contribution in [2.24, 2.45) is 0 Å². The first-order valence-electron chi connectivity index (χ1n) is 9.17. The number of nitrogens with one attached hydrogen (secondary N) is 2. The van der Waals surface area contributed by atoms with E-state index in [2.05, 4.69) is 38.4 Å². The van der Waals surface area contributed by atoms with Gasteiger partial charge in [0.25, 0.3) is 0 Å². The molecule has 0 bridgehead atoms. The van der Waals surface area contributed by atoms with E-state index in [0.717, 1.165) is 45.1 Å². The number of rotatable bonds is 5. The van der Waals surface area contributed by atoms with Gasteiger partial charge < -0.3 is 20.3 Å². The van der Waals surface area contributed by atoms with Gasteiger partial charge in [0.2, 0.25) is 5.91 Å². The largest absolute Gasteiger partial charge is 0.375 e. The highest BCUT2D eigenvalue weighted by atomic mass is 16.5. The fraction of sp³-hybridized carbons (Fsp3) is 0.667. The van der Waals surface area contributed by atoms with Gasteiger partial charge in [-0.25, -0.2) is 4.98 Å². The molecular formula is C18H29N5O2. The van der Waals surface area contributed by atoms with E-state index in [1.807, 2.05) is 25.3 Å². The van der Waals surface area contributed by atoms with Gasteiger partial charge >= 0.3 is 0 Å². The fourth-order valence-electron chi connectivity index (χ4n) is 3.49. The van der Waals surface area contributed by atoms with Crippen molar-refractivity contribution in [1.29, 1.82) is 0 Å². The molecule has 2 aliphatic rings. The Balaban J connectivity index is 1.41. The SMILES string of the molecule is CC(CN1CCN(c2ccccn2)CC1)NC(=O)[C@H]1NCCO[C@@H]1C. The van der Waals surface area contributed by atoms with E-state index >= 15 is 0 Å². The summed E-state index contributed by atoms with van der Waals surface area (Å²) in [5.41, 5.74) is 0. The number of piperazine rings is 1. The van der Waals surface area contributed by atoms with Crippen molar-refractivity contribution < 1.29 is 9.53 Å². The molecule has 1 aromatic heterocycles. The van der Waals surface area contributed by atoms with Gasteiger partial charge in [-0.1, -0.05) is 6.07 Å². The van der Waals surface area contributed by atoms with Crippen molar-refractivity contribution in [3.63, 3.8) is 0 Å². The van der Waals surface area contributed by atoms with Crippen molar-refractivity contribution in [1.82, 2.24) is 20.5 Å². The average molecular weight is 347 g/mol. The van der Waals surface area contributed by atoms with Gasteiger partial charge in [-0.3, -0.25) is 9.69 Å². The Labute approximate surface area is 149 Å². The quantitative estimate of drug-likeness (QED) is 0.787. The Morgan fingerprint density at radius 3 is 2.88 bits per heavy atom. The highest BCUT2D eigenvalue weighted by Gasteiger charge is 2.29. The van der Waals surface area contributed by atoms with Gasteiger partial charge in [0, 0.05) is 51.5 Å². The van der Waals surface area contributed by atoms with Crippen molar-refractivity contribution in [3.05, 3.63) is 24.4 Å². The third-order valence-electron chi connectivity index (χ3n) is 4.87. The van der Waals surface area contributed by atoms with Crippen molar-refractivity contribution in [2.75, 3.05) is 50.8 Å². The summed E-state index contributed by atoms with van der Waals surface area (Å²) in [6.45, 7) is 10.2.